The summed E-state index contributed by atoms with van der Waals surface area (Å²) in [5, 5.41) is 11.0. The van der Waals surface area contributed by atoms with Gasteiger partial charge in [-0.15, -0.1) is 0 Å². The van der Waals surface area contributed by atoms with E-state index >= 15 is 0 Å². The number of nitrogens with zero attached hydrogens (tertiary/aromatic N) is 4. The number of hydrogen-bond donors (Lipinski definition) is 1. The molecule has 2 rings (SSSR count). The molecule has 9 heteroatoms. The van der Waals surface area contributed by atoms with E-state index in [-0.39, 0.29) is 17.7 Å². The number of carbonyl (C=O) groups excluding carboxylic acids is 2. The van der Waals surface area contributed by atoms with Crippen LogP contribution >= 0.6 is 0 Å². The summed E-state index contributed by atoms with van der Waals surface area (Å²) in [6, 6.07) is 0. The van der Waals surface area contributed by atoms with E-state index in [0.717, 1.165) is 5.69 Å². The van der Waals surface area contributed by atoms with Gasteiger partial charge in [-0.25, -0.2) is 0 Å². The van der Waals surface area contributed by atoms with E-state index in [2.05, 4.69) is 20.6 Å². The fourth-order valence-corrected chi connectivity index (χ4v) is 2.53. The molecule has 1 amide bonds. The lowest BCUT2D eigenvalue weighted by atomic mass is 9.96. The van der Waals surface area contributed by atoms with Crippen molar-refractivity contribution < 1.29 is 18.8 Å². The monoisotopic (exact) mass is 391 g/mol. The van der Waals surface area contributed by atoms with Gasteiger partial charge in [-0.1, -0.05) is 25.9 Å². The second-order valence-electron chi connectivity index (χ2n) is 7.91. The second-order valence-corrected chi connectivity index (χ2v) is 7.91. The van der Waals surface area contributed by atoms with Crippen molar-refractivity contribution in [3.63, 3.8) is 0 Å². The van der Waals surface area contributed by atoms with Gasteiger partial charge < -0.3 is 14.6 Å². The number of esters is 1. The van der Waals surface area contributed by atoms with Gasteiger partial charge >= 0.3 is 5.97 Å². The Balaban J connectivity index is 1.79. The summed E-state index contributed by atoms with van der Waals surface area (Å²) in [4.78, 5) is 28.6. The summed E-state index contributed by atoms with van der Waals surface area (Å²) in [6.07, 6.45) is 0.241. The number of aromatic nitrogens is 4. The van der Waals surface area contributed by atoms with Crippen molar-refractivity contribution in [2.45, 2.75) is 72.3 Å². The zero-order valence-electron chi connectivity index (χ0n) is 17.6. The van der Waals surface area contributed by atoms with Crippen LogP contribution in [-0.4, -0.2) is 37.9 Å². The molecule has 154 valence electrons. The average Bonchev–Trinajstić information content (AvgIpc) is 3.15. The molecule has 0 fully saturated rings. The van der Waals surface area contributed by atoms with Crippen LogP contribution in [0, 0.1) is 13.8 Å². The maximum Gasteiger partial charge on any atom is 0.306 e. The van der Waals surface area contributed by atoms with Crippen LogP contribution in [0.5, 0.6) is 0 Å². The Hall–Kier alpha value is -2.71. The van der Waals surface area contributed by atoms with E-state index in [1.807, 2.05) is 34.6 Å². The highest BCUT2D eigenvalue weighted by Gasteiger charge is 2.22. The number of aryl methyl sites for hydroxylation is 3. The highest BCUT2D eigenvalue weighted by atomic mass is 16.5. The molecule has 28 heavy (non-hydrogen) atoms. The summed E-state index contributed by atoms with van der Waals surface area (Å²) in [5.41, 5.74) is 2.00. The van der Waals surface area contributed by atoms with E-state index in [9.17, 15) is 9.59 Å². The first-order valence-corrected chi connectivity index (χ1v) is 9.32. The van der Waals surface area contributed by atoms with Crippen molar-refractivity contribution in [1.29, 1.82) is 0 Å². The molecule has 9 nitrogen and oxygen atoms in total. The highest BCUT2D eigenvalue weighted by Crippen LogP contribution is 2.20. The van der Waals surface area contributed by atoms with Crippen LogP contribution in [0.2, 0.25) is 0 Å². The predicted molar refractivity (Wildman–Crippen MR) is 103 cm³/mol. The minimum atomic E-state index is -0.901. The first-order chi connectivity index (χ1) is 13.0. The maximum absolute atomic E-state index is 12.3. The van der Waals surface area contributed by atoms with Crippen LogP contribution in [-0.2, 0) is 33.2 Å². The normalized spacial score (nSPS) is 12.7. The molecule has 0 aliphatic rings. The van der Waals surface area contributed by atoms with Crippen molar-refractivity contribution >= 4 is 17.6 Å². The van der Waals surface area contributed by atoms with Crippen molar-refractivity contribution in [3.8, 4) is 0 Å². The molecule has 0 saturated carbocycles. The van der Waals surface area contributed by atoms with Gasteiger partial charge in [0.1, 0.15) is 0 Å². The molecule has 2 aromatic rings. The van der Waals surface area contributed by atoms with Crippen LogP contribution in [0.1, 0.15) is 63.6 Å². The lowest BCUT2D eigenvalue weighted by Gasteiger charge is -2.13. The molecular formula is C19H29N5O4. The second kappa shape index (κ2) is 8.53. The average molecular weight is 391 g/mol. The van der Waals surface area contributed by atoms with Crippen LogP contribution in [0.15, 0.2) is 4.52 Å². The molecule has 2 heterocycles. The van der Waals surface area contributed by atoms with Crippen LogP contribution in [0.25, 0.3) is 0 Å². The molecule has 0 aromatic carbocycles. The van der Waals surface area contributed by atoms with Crippen LogP contribution < -0.4 is 5.32 Å². The van der Waals surface area contributed by atoms with Gasteiger partial charge in [-0.3, -0.25) is 14.3 Å². The third-order valence-corrected chi connectivity index (χ3v) is 4.35. The molecule has 2 aromatic heterocycles. The minimum Gasteiger partial charge on any atom is -0.453 e. The topological polar surface area (TPSA) is 112 Å². The van der Waals surface area contributed by atoms with Crippen molar-refractivity contribution in [2.24, 2.45) is 7.05 Å². The fourth-order valence-electron chi connectivity index (χ4n) is 2.53. The number of amides is 1. The number of hydrogen-bond acceptors (Lipinski definition) is 7. The lowest BCUT2D eigenvalue weighted by Crippen LogP contribution is -2.30. The molecule has 1 unspecified atom stereocenters. The van der Waals surface area contributed by atoms with Crippen molar-refractivity contribution in [2.75, 3.05) is 5.32 Å². The third kappa shape index (κ3) is 5.40. The number of carbonyl (C=O) groups is 2. The predicted octanol–water partition coefficient (Wildman–Crippen LogP) is 2.61. The van der Waals surface area contributed by atoms with E-state index in [1.165, 1.54) is 0 Å². The zero-order chi connectivity index (χ0) is 21.1. The van der Waals surface area contributed by atoms with E-state index in [1.54, 1.807) is 18.7 Å². The lowest BCUT2D eigenvalue weighted by molar-refractivity contribution is -0.153. The van der Waals surface area contributed by atoms with Gasteiger partial charge in [0.2, 0.25) is 5.89 Å². The third-order valence-electron chi connectivity index (χ3n) is 4.35. The molecule has 1 atom stereocenters. The van der Waals surface area contributed by atoms with Crippen LogP contribution in [0.3, 0.4) is 0 Å². The minimum absolute atomic E-state index is 0.162. The molecule has 0 aliphatic heterocycles. The Bertz CT molecular complexity index is 847. The highest BCUT2D eigenvalue weighted by molar-refractivity contribution is 5.96. The first kappa shape index (κ1) is 21.6. The quantitative estimate of drug-likeness (QED) is 0.722. The molecule has 0 spiro atoms. The Morgan fingerprint density at radius 2 is 1.96 bits per heavy atom. The molecule has 0 aliphatic carbocycles. The molecular weight excluding hydrogens is 362 g/mol. The Morgan fingerprint density at radius 3 is 2.50 bits per heavy atom. The summed E-state index contributed by atoms with van der Waals surface area (Å²) in [6.45, 7) is 11.2. The number of anilines is 1. The summed E-state index contributed by atoms with van der Waals surface area (Å²) >= 11 is 0. The van der Waals surface area contributed by atoms with Crippen LogP contribution in [0.4, 0.5) is 5.69 Å². The summed E-state index contributed by atoms with van der Waals surface area (Å²) in [7, 11) is 1.80. The standard InChI is InChI=1S/C19H29N5O4/c1-11-16(12(2)24(7)22-11)21-17(26)13(3)27-15(25)10-8-9-14-20-18(23-28-14)19(4,5)6/h13H,8-10H2,1-7H3,(H,21,26). The molecule has 1 N–H and O–H groups in total. The Kier molecular flexibility index (Phi) is 6.58. The van der Waals surface area contributed by atoms with E-state index < -0.39 is 12.1 Å². The largest absolute Gasteiger partial charge is 0.453 e. The number of ether oxygens (including phenoxy) is 1. The summed E-state index contributed by atoms with van der Waals surface area (Å²) < 4.78 is 12.1. The van der Waals surface area contributed by atoms with Gasteiger partial charge in [0.05, 0.1) is 17.1 Å². The van der Waals surface area contributed by atoms with E-state index in [0.29, 0.717) is 35.9 Å². The van der Waals surface area contributed by atoms with Gasteiger partial charge in [-0.2, -0.15) is 10.1 Å². The maximum atomic E-state index is 12.3. The van der Waals surface area contributed by atoms with Crippen molar-refractivity contribution in [3.05, 3.63) is 23.1 Å². The zero-order valence-corrected chi connectivity index (χ0v) is 17.6. The Morgan fingerprint density at radius 1 is 1.29 bits per heavy atom. The first-order valence-electron chi connectivity index (χ1n) is 9.32. The van der Waals surface area contributed by atoms with Gasteiger partial charge in [0.25, 0.3) is 5.91 Å². The number of rotatable bonds is 7. The van der Waals surface area contributed by atoms with Gasteiger partial charge in [-0.05, 0) is 27.2 Å². The number of nitrogens with one attached hydrogen (secondary N) is 1. The fraction of sp³-hybridized carbons (Fsp3) is 0.632. The smallest absolute Gasteiger partial charge is 0.306 e. The molecule has 0 radical (unpaired) electrons. The SMILES string of the molecule is Cc1nn(C)c(C)c1NC(=O)C(C)OC(=O)CCCc1nc(C(C)(C)C)no1. The summed E-state index contributed by atoms with van der Waals surface area (Å²) in [5.74, 6) is 0.291. The molecule has 0 bridgehead atoms. The Labute approximate surface area is 164 Å². The van der Waals surface area contributed by atoms with Gasteiger partial charge in [0.15, 0.2) is 11.9 Å². The van der Waals surface area contributed by atoms with Gasteiger partial charge in [0, 0.05) is 25.3 Å². The van der Waals surface area contributed by atoms with Crippen molar-refractivity contribution in [1.82, 2.24) is 19.9 Å². The van der Waals surface area contributed by atoms with E-state index in [4.69, 9.17) is 9.26 Å². The molecule has 0 saturated heterocycles.